The molecule has 2 fully saturated rings. The molecule has 1 N–H and O–H groups in total. The van der Waals surface area contributed by atoms with E-state index in [2.05, 4.69) is 5.32 Å². The number of carbonyl (C=O) groups excluding carboxylic acids is 1. The van der Waals surface area contributed by atoms with Gasteiger partial charge in [-0.25, -0.2) is 8.78 Å². The summed E-state index contributed by atoms with van der Waals surface area (Å²) in [6, 6.07) is 4.63. The lowest BCUT2D eigenvalue weighted by atomic mass is 10.1. The molecule has 3 rings (SSSR count). The quantitative estimate of drug-likeness (QED) is 0.903. The number of amides is 1. The van der Waals surface area contributed by atoms with Gasteiger partial charge in [-0.05, 0) is 38.3 Å². The molecule has 0 aromatic heterocycles. The molecule has 1 aromatic rings. The summed E-state index contributed by atoms with van der Waals surface area (Å²) in [6.45, 7) is 1.68. The average Bonchev–Trinajstić information content (AvgIpc) is 3.17. The Morgan fingerprint density at radius 2 is 2.10 bits per heavy atom. The Morgan fingerprint density at radius 3 is 2.76 bits per heavy atom. The molecular formula is C16H20F2N2O. The Kier molecular flexibility index (Phi) is 4.19. The Hall–Kier alpha value is -1.49. The molecule has 5 heteroatoms. The van der Waals surface area contributed by atoms with Gasteiger partial charge in [-0.3, -0.25) is 4.79 Å². The largest absolute Gasteiger partial charge is 0.338 e. The van der Waals surface area contributed by atoms with E-state index >= 15 is 0 Å². The third-order valence-electron chi connectivity index (χ3n) is 4.26. The Bertz CT molecular complexity index is 525. The van der Waals surface area contributed by atoms with Crippen LogP contribution in [0.15, 0.2) is 18.2 Å². The third kappa shape index (κ3) is 3.40. The molecule has 1 heterocycles. The number of halogens is 2. The molecule has 21 heavy (non-hydrogen) atoms. The van der Waals surface area contributed by atoms with Crippen molar-refractivity contribution >= 4 is 5.91 Å². The van der Waals surface area contributed by atoms with Crippen LogP contribution in [0.5, 0.6) is 0 Å². The molecule has 114 valence electrons. The number of nitrogens with one attached hydrogen (secondary N) is 1. The van der Waals surface area contributed by atoms with Gasteiger partial charge in [-0.2, -0.15) is 0 Å². The lowest BCUT2D eigenvalue weighted by molar-refractivity contribution is -0.131. The predicted octanol–water partition coefficient (Wildman–Crippen LogP) is 2.25. The van der Waals surface area contributed by atoms with Crippen molar-refractivity contribution in [3.05, 3.63) is 35.4 Å². The van der Waals surface area contributed by atoms with Crippen molar-refractivity contribution in [2.75, 3.05) is 13.1 Å². The fourth-order valence-electron chi connectivity index (χ4n) is 2.94. The summed E-state index contributed by atoms with van der Waals surface area (Å²) < 4.78 is 26.9. The van der Waals surface area contributed by atoms with Gasteiger partial charge in [0.15, 0.2) is 11.6 Å². The smallest absolute Gasteiger partial charge is 0.227 e. The molecule has 3 nitrogen and oxygen atoms in total. The van der Waals surface area contributed by atoms with Gasteiger partial charge in [-0.1, -0.05) is 12.1 Å². The van der Waals surface area contributed by atoms with Crippen LogP contribution in [0.4, 0.5) is 8.78 Å². The van der Waals surface area contributed by atoms with Crippen LogP contribution in [0.25, 0.3) is 0 Å². The summed E-state index contributed by atoms with van der Waals surface area (Å²) >= 11 is 0. The lowest BCUT2D eigenvalue weighted by Crippen LogP contribution is -2.43. The molecule has 1 aliphatic carbocycles. The second-order valence-electron chi connectivity index (χ2n) is 5.96. The molecular weight excluding hydrogens is 274 g/mol. The zero-order valence-electron chi connectivity index (χ0n) is 11.9. The highest BCUT2D eigenvalue weighted by molar-refractivity contribution is 5.79. The maximum absolute atomic E-state index is 13.7. The van der Waals surface area contributed by atoms with Crippen LogP contribution in [0, 0.1) is 11.6 Å². The van der Waals surface area contributed by atoms with Crippen molar-refractivity contribution in [1.82, 2.24) is 10.2 Å². The Labute approximate surface area is 123 Å². The van der Waals surface area contributed by atoms with E-state index in [1.165, 1.54) is 12.1 Å². The van der Waals surface area contributed by atoms with Gasteiger partial charge in [-0.15, -0.1) is 0 Å². The van der Waals surface area contributed by atoms with Gasteiger partial charge >= 0.3 is 0 Å². The minimum atomic E-state index is -0.902. The summed E-state index contributed by atoms with van der Waals surface area (Å²) in [7, 11) is 0. The number of carbonyl (C=O) groups is 1. The highest BCUT2D eigenvalue weighted by Crippen LogP contribution is 2.28. The summed E-state index contributed by atoms with van der Waals surface area (Å²) in [6.07, 6.45) is 4.18. The molecule has 1 amide bonds. The van der Waals surface area contributed by atoms with E-state index in [0.29, 0.717) is 12.6 Å². The fraction of sp³-hybridized carbons (Fsp3) is 0.562. The molecule has 1 unspecified atom stereocenters. The number of hydrogen-bond donors (Lipinski definition) is 1. The summed E-state index contributed by atoms with van der Waals surface area (Å²) in [5, 5.41) is 3.38. The molecule has 1 atom stereocenters. The van der Waals surface area contributed by atoms with E-state index in [0.717, 1.165) is 38.3 Å². The first-order valence-electron chi connectivity index (χ1n) is 7.61. The number of hydrogen-bond acceptors (Lipinski definition) is 2. The predicted molar refractivity (Wildman–Crippen MR) is 75.8 cm³/mol. The Morgan fingerprint density at radius 1 is 1.29 bits per heavy atom. The molecule has 2 aliphatic rings. The molecule has 1 saturated heterocycles. The SMILES string of the molecule is O=C(Cc1cccc(F)c1F)N(CC1CCCN1)C1CC1. The minimum Gasteiger partial charge on any atom is -0.338 e. The van der Waals surface area contributed by atoms with Gasteiger partial charge in [0, 0.05) is 24.2 Å². The highest BCUT2D eigenvalue weighted by atomic mass is 19.2. The maximum atomic E-state index is 13.7. The topological polar surface area (TPSA) is 32.3 Å². The van der Waals surface area contributed by atoms with Gasteiger partial charge < -0.3 is 10.2 Å². The van der Waals surface area contributed by atoms with E-state index < -0.39 is 11.6 Å². The standard InChI is InChI=1S/C16H20F2N2O/c17-14-5-1-3-11(16(14)18)9-15(21)20(13-6-7-13)10-12-4-2-8-19-12/h1,3,5,12-13,19H,2,4,6-10H2. The van der Waals surface area contributed by atoms with Crippen molar-refractivity contribution in [2.24, 2.45) is 0 Å². The molecule has 0 radical (unpaired) electrons. The summed E-state index contributed by atoms with van der Waals surface area (Å²) in [5.74, 6) is -1.90. The first kappa shape index (κ1) is 14.4. The molecule has 1 aliphatic heterocycles. The Balaban J connectivity index is 1.67. The van der Waals surface area contributed by atoms with E-state index in [9.17, 15) is 13.6 Å². The summed E-state index contributed by atoms with van der Waals surface area (Å²) in [4.78, 5) is 14.3. The van der Waals surface area contributed by atoms with E-state index in [-0.39, 0.29) is 23.9 Å². The van der Waals surface area contributed by atoms with Crippen LogP contribution < -0.4 is 5.32 Å². The monoisotopic (exact) mass is 294 g/mol. The second kappa shape index (κ2) is 6.10. The normalized spacial score (nSPS) is 21.5. The molecule has 1 saturated carbocycles. The van der Waals surface area contributed by atoms with Crippen LogP contribution in [0.3, 0.4) is 0 Å². The fourth-order valence-corrected chi connectivity index (χ4v) is 2.94. The number of nitrogens with zero attached hydrogens (tertiary/aromatic N) is 1. The van der Waals surface area contributed by atoms with E-state index in [1.54, 1.807) is 0 Å². The van der Waals surface area contributed by atoms with Crippen molar-refractivity contribution in [2.45, 2.75) is 44.2 Å². The van der Waals surface area contributed by atoms with E-state index in [4.69, 9.17) is 0 Å². The summed E-state index contributed by atoms with van der Waals surface area (Å²) in [5.41, 5.74) is 0.144. The second-order valence-corrected chi connectivity index (χ2v) is 5.96. The number of rotatable bonds is 5. The van der Waals surface area contributed by atoms with E-state index in [1.807, 2.05) is 4.90 Å². The van der Waals surface area contributed by atoms with Crippen LogP contribution in [-0.4, -0.2) is 36.0 Å². The molecule has 1 aromatic carbocycles. The van der Waals surface area contributed by atoms with Gasteiger partial charge in [0.2, 0.25) is 5.91 Å². The molecule has 0 spiro atoms. The van der Waals surface area contributed by atoms with Crippen LogP contribution in [-0.2, 0) is 11.2 Å². The zero-order chi connectivity index (χ0) is 14.8. The van der Waals surface area contributed by atoms with Crippen molar-refractivity contribution in [3.63, 3.8) is 0 Å². The third-order valence-corrected chi connectivity index (χ3v) is 4.26. The average molecular weight is 294 g/mol. The highest BCUT2D eigenvalue weighted by Gasteiger charge is 2.34. The first-order chi connectivity index (χ1) is 10.1. The van der Waals surface area contributed by atoms with Crippen molar-refractivity contribution < 1.29 is 13.6 Å². The minimum absolute atomic E-state index is 0.0627. The first-order valence-corrected chi connectivity index (χ1v) is 7.61. The van der Waals surface area contributed by atoms with Gasteiger partial charge in [0.05, 0.1) is 6.42 Å². The van der Waals surface area contributed by atoms with Gasteiger partial charge in [0.1, 0.15) is 0 Å². The van der Waals surface area contributed by atoms with Gasteiger partial charge in [0.25, 0.3) is 0 Å². The van der Waals surface area contributed by atoms with Crippen LogP contribution in [0.1, 0.15) is 31.2 Å². The molecule has 0 bridgehead atoms. The maximum Gasteiger partial charge on any atom is 0.227 e. The van der Waals surface area contributed by atoms with Crippen LogP contribution in [0.2, 0.25) is 0 Å². The van der Waals surface area contributed by atoms with Crippen molar-refractivity contribution in [3.8, 4) is 0 Å². The van der Waals surface area contributed by atoms with Crippen LogP contribution >= 0.6 is 0 Å². The zero-order valence-corrected chi connectivity index (χ0v) is 11.9. The lowest BCUT2D eigenvalue weighted by Gasteiger charge is -2.26. The number of benzene rings is 1. The van der Waals surface area contributed by atoms with Crippen molar-refractivity contribution in [1.29, 1.82) is 0 Å².